The fourth-order valence-electron chi connectivity index (χ4n) is 3.98. The van der Waals surface area contributed by atoms with Crippen molar-refractivity contribution in [3.05, 3.63) is 83.1 Å². The van der Waals surface area contributed by atoms with Crippen molar-refractivity contribution in [1.29, 1.82) is 0 Å². The van der Waals surface area contributed by atoms with Crippen molar-refractivity contribution in [2.45, 2.75) is 30.4 Å². The normalized spacial score (nSPS) is 21.1. The molecule has 0 unspecified atom stereocenters. The number of carboxylic acid groups (broad SMARTS) is 1. The van der Waals surface area contributed by atoms with E-state index < -0.39 is 47.2 Å². The van der Waals surface area contributed by atoms with Crippen molar-refractivity contribution < 1.29 is 24.3 Å². The summed E-state index contributed by atoms with van der Waals surface area (Å²) >= 11 is 1.42. The average Bonchev–Trinajstić information content (AvgIpc) is 2.85. The molecule has 2 aliphatic heterocycles. The predicted octanol–water partition coefficient (Wildman–Crippen LogP) is 1.30. The first-order valence-electron chi connectivity index (χ1n) is 10.6. The number of carbonyl (C=O) groups is 4. The maximum atomic E-state index is 13.1. The second-order valence-corrected chi connectivity index (χ2v) is 9.17. The van der Waals surface area contributed by atoms with Crippen molar-refractivity contribution in [1.82, 2.24) is 15.5 Å². The van der Waals surface area contributed by atoms with E-state index in [-0.39, 0.29) is 5.70 Å². The van der Waals surface area contributed by atoms with Crippen LogP contribution < -0.4 is 16.4 Å². The van der Waals surface area contributed by atoms with Gasteiger partial charge in [0.15, 0.2) is 6.04 Å². The number of carbonyl (C=O) groups excluding carboxylic acids is 3. The molecule has 1 saturated heterocycles. The second kappa shape index (κ2) is 9.70. The van der Waals surface area contributed by atoms with Crippen molar-refractivity contribution >= 4 is 35.5 Å². The zero-order valence-corrected chi connectivity index (χ0v) is 19.1. The summed E-state index contributed by atoms with van der Waals surface area (Å²) in [5.41, 5.74) is 7.85. The molecule has 2 heterocycles. The van der Waals surface area contributed by atoms with Crippen molar-refractivity contribution in [3.63, 3.8) is 0 Å². The molecule has 2 aliphatic rings. The van der Waals surface area contributed by atoms with Gasteiger partial charge in [0.25, 0.3) is 11.8 Å². The number of thioether (sulfide) groups is 1. The lowest BCUT2D eigenvalue weighted by Crippen LogP contribution is -2.71. The lowest BCUT2D eigenvalue weighted by atomic mass is 10.0. The first-order chi connectivity index (χ1) is 16.3. The number of nitrogens with two attached hydrogens (primary N) is 1. The van der Waals surface area contributed by atoms with E-state index in [0.29, 0.717) is 22.5 Å². The van der Waals surface area contributed by atoms with E-state index in [1.54, 1.807) is 61.5 Å². The van der Waals surface area contributed by atoms with E-state index in [9.17, 15) is 24.3 Å². The second-order valence-electron chi connectivity index (χ2n) is 8.07. The average molecular weight is 481 g/mol. The number of hydrogen-bond donors (Lipinski definition) is 4. The Morgan fingerprint density at radius 2 is 1.65 bits per heavy atom. The van der Waals surface area contributed by atoms with Gasteiger partial charge in [-0.3, -0.25) is 19.3 Å². The van der Waals surface area contributed by atoms with Gasteiger partial charge in [-0.1, -0.05) is 60.7 Å². The van der Waals surface area contributed by atoms with E-state index in [1.165, 1.54) is 16.7 Å². The van der Waals surface area contributed by atoms with Crippen molar-refractivity contribution in [3.8, 4) is 0 Å². The Bertz CT molecular complexity index is 1150. The molecule has 176 valence electrons. The number of nitrogens with zero attached hydrogens (tertiary/aromatic N) is 1. The van der Waals surface area contributed by atoms with Crippen LogP contribution in [-0.2, 0) is 19.2 Å². The fraction of sp³-hybridized carbons (Fsp3) is 0.250. The summed E-state index contributed by atoms with van der Waals surface area (Å²) < 4.78 is 0. The minimum Gasteiger partial charge on any atom is -0.479 e. The highest BCUT2D eigenvalue weighted by atomic mass is 32.2. The topological polar surface area (TPSA) is 142 Å². The van der Waals surface area contributed by atoms with Crippen LogP contribution in [0.5, 0.6) is 0 Å². The third-order valence-electron chi connectivity index (χ3n) is 5.77. The SMILES string of the molecule is CC1=C(C(=O)N[C@H](C(=O)O)c2ccccc2)N2C(=O)[C@@H](NC(=O)[C@H](N)c3ccccc3)[C@H]2SC1. The lowest BCUT2D eigenvalue weighted by Gasteiger charge is -2.50. The summed E-state index contributed by atoms with van der Waals surface area (Å²) in [7, 11) is 0. The van der Waals surface area contributed by atoms with Gasteiger partial charge in [-0.25, -0.2) is 4.79 Å². The van der Waals surface area contributed by atoms with Gasteiger partial charge in [0.2, 0.25) is 5.91 Å². The molecular formula is C24H24N4O5S. The highest BCUT2D eigenvalue weighted by Gasteiger charge is 2.54. The number of hydrogen-bond acceptors (Lipinski definition) is 6. The fourth-order valence-corrected chi connectivity index (χ4v) is 5.27. The predicted molar refractivity (Wildman–Crippen MR) is 126 cm³/mol. The number of fused-ring (bicyclic) bond motifs is 1. The summed E-state index contributed by atoms with van der Waals surface area (Å²) in [6.45, 7) is 1.72. The van der Waals surface area contributed by atoms with E-state index in [2.05, 4.69) is 10.6 Å². The van der Waals surface area contributed by atoms with Gasteiger partial charge in [0.1, 0.15) is 23.2 Å². The number of benzene rings is 2. The molecule has 0 saturated carbocycles. The molecule has 0 aliphatic carbocycles. The summed E-state index contributed by atoms with van der Waals surface area (Å²) in [4.78, 5) is 51.9. The molecule has 2 aromatic carbocycles. The molecule has 0 radical (unpaired) electrons. The molecule has 4 rings (SSSR count). The van der Waals surface area contributed by atoms with E-state index in [4.69, 9.17) is 5.73 Å². The molecule has 5 N–H and O–H groups in total. The van der Waals surface area contributed by atoms with Crippen molar-refractivity contribution in [2.24, 2.45) is 5.73 Å². The van der Waals surface area contributed by atoms with Gasteiger partial charge in [-0.05, 0) is 23.6 Å². The molecule has 10 heteroatoms. The first kappa shape index (κ1) is 23.5. The standard InChI is InChI=1S/C24H24N4O5S/c1-13-12-34-23-18(27-20(29)16(25)14-8-4-2-5-9-14)22(31)28(23)19(13)21(30)26-17(24(32)33)15-10-6-3-7-11-15/h2-11,16-18,23H,12,25H2,1H3,(H,26,30)(H,27,29)(H,32,33)/t16-,17+,18-,23-/m1/s1. The Balaban J connectivity index is 1.48. The number of nitrogens with one attached hydrogen (secondary N) is 2. The van der Waals surface area contributed by atoms with Gasteiger partial charge in [-0.2, -0.15) is 0 Å². The first-order valence-corrected chi connectivity index (χ1v) is 11.7. The number of β-lactam (4-membered cyclic amide) rings is 1. The van der Waals surface area contributed by atoms with E-state index in [1.807, 2.05) is 6.07 Å². The van der Waals surface area contributed by atoms with Crippen LogP contribution in [0.4, 0.5) is 0 Å². The quantitative estimate of drug-likeness (QED) is 0.438. The Labute approximate surface area is 200 Å². The van der Waals surface area contributed by atoms with Gasteiger partial charge in [-0.15, -0.1) is 11.8 Å². The van der Waals surface area contributed by atoms with Gasteiger partial charge in [0.05, 0.1) is 0 Å². The molecule has 34 heavy (non-hydrogen) atoms. The molecule has 0 aromatic heterocycles. The third kappa shape index (κ3) is 4.42. The maximum absolute atomic E-state index is 13.1. The van der Waals surface area contributed by atoms with Crippen LogP contribution in [0.25, 0.3) is 0 Å². The zero-order chi connectivity index (χ0) is 24.4. The molecule has 1 fully saturated rings. The highest BCUT2D eigenvalue weighted by Crippen LogP contribution is 2.40. The van der Waals surface area contributed by atoms with Crippen LogP contribution in [0.2, 0.25) is 0 Å². The van der Waals surface area contributed by atoms with Crippen LogP contribution in [0.15, 0.2) is 71.9 Å². The summed E-state index contributed by atoms with van der Waals surface area (Å²) in [6, 6.07) is 14.1. The molecular weight excluding hydrogens is 456 g/mol. The summed E-state index contributed by atoms with van der Waals surface area (Å²) in [5.74, 6) is -2.34. The minimum absolute atomic E-state index is 0.119. The zero-order valence-electron chi connectivity index (χ0n) is 18.3. The van der Waals surface area contributed by atoms with Crippen LogP contribution in [0, 0.1) is 0 Å². The molecule has 0 spiro atoms. The summed E-state index contributed by atoms with van der Waals surface area (Å²) in [6.07, 6.45) is 0. The highest BCUT2D eigenvalue weighted by molar-refractivity contribution is 8.00. The molecule has 4 atom stereocenters. The van der Waals surface area contributed by atoms with Crippen LogP contribution in [0.1, 0.15) is 30.1 Å². The van der Waals surface area contributed by atoms with Crippen molar-refractivity contribution in [2.75, 3.05) is 5.75 Å². The molecule has 2 aromatic rings. The Morgan fingerprint density at radius 1 is 1.06 bits per heavy atom. The maximum Gasteiger partial charge on any atom is 0.330 e. The van der Waals surface area contributed by atoms with Gasteiger partial charge in [0, 0.05) is 5.75 Å². The van der Waals surface area contributed by atoms with Crippen LogP contribution in [-0.4, -0.2) is 50.9 Å². The monoisotopic (exact) mass is 480 g/mol. The number of rotatable bonds is 7. The summed E-state index contributed by atoms with van der Waals surface area (Å²) in [5, 5.41) is 14.4. The molecule has 0 bridgehead atoms. The third-order valence-corrected chi connectivity index (χ3v) is 7.19. The van der Waals surface area contributed by atoms with Gasteiger partial charge >= 0.3 is 5.97 Å². The molecule has 3 amide bonds. The smallest absolute Gasteiger partial charge is 0.330 e. The van der Waals surface area contributed by atoms with E-state index in [0.717, 1.165) is 0 Å². The number of amides is 3. The number of carboxylic acids is 1. The largest absolute Gasteiger partial charge is 0.479 e. The molecule has 9 nitrogen and oxygen atoms in total. The Morgan fingerprint density at radius 3 is 2.24 bits per heavy atom. The Kier molecular flexibility index (Phi) is 6.71. The minimum atomic E-state index is -1.27. The van der Waals surface area contributed by atoms with Gasteiger partial charge < -0.3 is 21.5 Å². The Hall–Kier alpha value is -3.63. The van der Waals surface area contributed by atoms with E-state index >= 15 is 0 Å². The van der Waals surface area contributed by atoms with Crippen LogP contribution in [0.3, 0.4) is 0 Å². The number of aliphatic carboxylic acids is 1. The van der Waals surface area contributed by atoms with Crippen LogP contribution >= 0.6 is 11.8 Å². The lowest BCUT2D eigenvalue weighted by molar-refractivity contribution is -0.148.